The number of benzene rings is 2. The van der Waals surface area contributed by atoms with Crippen molar-refractivity contribution >= 4 is 11.4 Å². The molecule has 1 unspecified atom stereocenters. The predicted molar refractivity (Wildman–Crippen MR) is 75.9 cm³/mol. The van der Waals surface area contributed by atoms with Gasteiger partial charge < -0.3 is 15.8 Å². The lowest BCUT2D eigenvalue weighted by molar-refractivity contribution is 0.415. The van der Waals surface area contributed by atoms with Crippen LogP contribution in [0, 0.1) is 0 Å². The van der Waals surface area contributed by atoms with Gasteiger partial charge in [0.2, 0.25) is 0 Å². The highest BCUT2D eigenvalue weighted by Crippen LogP contribution is 2.28. The summed E-state index contributed by atoms with van der Waals surface area (Å²) in [4.78, 5) is 0. The van der Waals surface area contributed by atoms with Crippen LogP contribution < -0.4 is 15.8 Å². The molecule has 2 aromatic rings. The fourth-order valence-electron chi connectivity index (χ4n) is 1.85. The number of nitrogen functional groups attached to an aromatic ring is 1. The maximum atomic E-state index is 5.95. The second-order valence-corrected chi connectivity index (χ2v) is 4.23. The van der Waals surface area contributed by atoms with E-state index >= 15 is 0 Å². The summed E-state index contributed by atoms with van der Waals surface area (Å²) >= 11 is 0. The van der Waals surface area contributed by atoms with Gasteiger partial charge in [0, 0.05) is 12.1 Å². The SMILES string of the molecule is COc1ccc(N)c(NC(C)c2ccccc2)c1. The molecule has 3 N–H and O–H groups in total. The summed E-state index contributed by atoms with van der Waals surface area (Å²) in [7, 11) is 1.65. The number of nitrogens with two attached hydrogens (primary N) is 1. The first kappa shape index (κ1) is 12.3. The zero-order valence-electron chi connectivity index (χ0n) is 10.7. The van der Waals surface area contributed by atoms with E-state index in [-0.39, 0.29) is 6.04 Å². The first-order valence-corrected chi connectivity index (χ1v) is 5.95. The van der Waals surface area contributed by atoms with Crippen molar-refractivity contribution in [3.63, 3.8) is 0 Å². The Morgan fingerprint density at radius 3 is 2.50 bits per heavy atom. The van der Waals surface area contributed by atoms with E-state index in [2.05, 4.69) is 24.4 Å². The van der Waals surface area contributed by atoms with E-state index in [4.69, 9.17) is 10.5 Å². The average Bonchev–Trinajstić information content (AvgIpc) is 2.42. The molecule has 3 heteroatoms. The highest BCUT2D eigenvalue weighted by Gasteiger charge is 2.07. The fourth-order valence-corrected chi connectivity index (χ4v) is 1.85. The van der Waals surface area contributed by atoms with Gasteiger partial charge in [0.1, 0.15) is 5.75 Å². The van der Waals surface area contributed by atoms with Gasteiger partial charge in [-0.25, -0.2) is 0 Å². The normalized spacial score (nSPS) is 11.9. The van der Waals surface area contributed by atoms with Crippen molar-refractivity contribution in [2.45, 2.75) is 13.0 Å². The zero-order valence-corrected chi connectivity index (χ0v) is 10.7. The van der Waals surface area contributed by atoms with Crippen molar-refractivity contribution in [1.82, 2.24) is 0 Å². The van der Waals surface area contributed by atoms with Crippen molar-refractivity contribution in [1.29, 1.82) is 0 Å². The molecule has 0 spiro atoms. The molecule has 2 aromatic carbocycles. The molecule has 0 fully saturated rings. The maximum Gasteiger partial charge on any atom is 0.121 e. The lowest BCUT2D eigenvalue weighted by atomic mass is 10.1. The van der Waals surface area contributed by atoms with E-state index in [9.17, 15) is 0 Å². The van der Waals surface area contributed by atoms with Crippen LogP contribution in [0.5, 0.6) is 5.75 Å². The lowest BCUT2D eigenvalue weighted by Crippen LogP contribution is -2.08. The Kier molecular flexibility index (Phi) is 3.72. The summed E-state index contributed by atoms with van der Waals surface area (Å²) in [5, 5.41) is 3.40. The molecule has 0 bridgehead atoms. The van der Waals surface area contributed by atoms with Crippen LogP contribution in [-0.2, 0) is 0 Å². The van der Waals surface area contributed by atoms with Crippen LogP contribution in [0.1, 0.15) is 18.5 Å². The summed E-state index contributed by atoms with van der Waals surface area (Å²) < 4.78 is 5.20. The molecule has 0 aliphatic rings. The van der Waals surface area contributed by atoms with E-state index in [0.717, 1.165) is 17.1 Å². The van der Waals surface area contributed by atoms with Gasteiger partial charge in [-0.2, -0.15) is 0 Å². The summed E-state index contributed by atoms with van der Waals surface area (Å²) in [6.07, 6.45) is 0. The van der Waals surface area contributed by atoms with E-state index < -0.39 is 0 Å². The summed E-state index contributed by atoms with van der Waals surface area (Å²) in [5.74, 6) is 0.798. The number of hydrogen-bond donors (Lipinski definition) is 2. The Morgan fingerprint density at radius 1 is 1.11 bits per heavy atom. The zero-order chi connectivity index (χ0) is 13.0. The van der Waals surface area contributed by atoms with Gasteiger partial charge in [0.05, 0.1) is 18.5 Å². The third-order valence-corrected chi connectivity index (χ3v) is 2.93. The molecule has 0 saturated carbocycles. The van der Waals surface area contributed by atoms with Gasteiger partial charge in [-0.15, -0.1) is 0 Å². The summed E-state index contributed by atoms with van der Waals surface area (Å²) in [6, 6.07) is 16.1. The minimum Gasteiger partial charge on any atom is -0.497 e. The van der Waals surface area contributed by atoms with Crippen molar-refractivity contribution < 1.29 is 4.74 Å². The smallest absolute Gasteiger partial charge is 0.121 e. The third kappa shape index (κ3) is 2.74. The first-order valence-electron chi connectivity index (χ1n) is 5.95. The first-order chi connectivity index (χ1) is 8.70. The molecule has 0 amide bonds. The van der Waals surface area contributed by atoms with E-state index in [1.54, 1.807) is 7.11 Å². The molecule has 2 rings (SSSR count). The number of nitrogens with one attached hydrogen (secondary N) is 1. The lowest BCUT2D eigenvalue weighted by Gasteiger charge is -2.17. The minimum atomic E-state index is 0.195. The fraction of sp³-hybridized carbons (Fsp3) is 0.200. The van der Waals surface area contributed by atoms with Crippen LogP contribution in [0.15, 0.2) is 48.5 Å². The highest BCUT2D eigenvalue weighted by molar-refractivity contribution is 5.68. The average molecular weight is 242 g/mol. The summed E-state index contributed by atoms with van der Waals surface area (Å²) in [6.45, 7) is 2.11. The van der Waals surface area contributed by atoms with E-state index in [0.29, 0.717) is 0 Å². The molecule has 0 aromatic heterocycles. The van der Waals surface area contributed by atoms with Gasteiger partial charge in [-0.05, 0) is 24.6 Å². The van der Waals surface area contributed by atoms with E-state index in [1.807, 2.05) is 36.4 Å². The van der Waals surface area contributed by atoms with Crippen molar-refractivity contribution in [2.24, 2.45) is 0 Å². The minimum absolute atomic E-state index is 0.195. The number of hydrogen-bond acceptors (Lipinski definition) is 3. The van der Waals surface area contributed by atoms with Gasteiger partial charge in [0.25, 0.3) is 0 Å². The van der Waals surface area contributed by atoms with Crippen LogP contribution in [0.3, 0.4) is 0 Å². The number of methoxy groups -OCH3 is 1. The van der Waals surface area contributed by atoms with Crippen LogP contribution in [-0.4, -0.2) is 7.11 Å². The molecule has 0 heterocycles. The highest BCUT2D eigenvalue weighted by atomic mass is 16.5. The van der Waals surface area contributed by atoms with Gasteiger partial charge in [-0.3, -0.25) is 0 Å². The Hall–Kier alpha value is -2.16. The molecule has 0 radical (unpaired) electrons. The molecule has 94 valence electrons. The predicted octanol–water partition coefficient (Wildman–Crippen LogP) is 3.45. The standard InChI is InChI=1S/C15H18N2O/c1-11(12-6-4-3-5-7-12)17-15-10-13(18-2)8-9-14(15)16/h3-11,17H,16H2,1-2H3. The third-order valence-electron chi connectivity index (χ3n) is 2.93. The van der Waals surface area contributed by atoms with Crippen molar-refractivity contribution in [3.05, 3.63) is 54.1 Å². The van der Waals surface area contributed by atoms with E-state index in [1.165, 1.54) is 5.56 Å². The van der Waals surface area contributed by atoms with Crippen LogP contribution in [0.2, 0.25) is 0 Å². The Labute approximate surface area is 108 Å². The Bertz CT molecular complexity index is 511. The second-order valence-electron chi connectivity index (χ2n) is 4.23. The van der Waals surface area contributed by atoms with Crippen molar-refractivity contribution in [3.8, 4) is 5.75 Å². The van der Waals surface area contributed by atoms with Gasteiger partial charge in [0.15, 0.2) is 0 Å². The van der Waals surface area contributed by atoms with Crippen LogP contribution >= 0.6 is 0 Å². The van der Waals surface area contributed by atoms with Crippen LogP contribution in [0.4, 0.5) is 11.4 Å². The molecule has 0 saturated heterocycles. The molecular formula is C15H18N2O. The molecule has 1 atom stereocenters. The number of anilines is 2. The molecular weight excluding hydrogens is 224 g/mol. The number of rotatable bonds is 4. The maximum absolute atomic E-state index is 5.95. The molecule has 0 aliphatic carbocycles. The number of ether oxygens (including phenoxy) is 1. The summed E-state index contributed by atoms with van der Waals surface area (Å²) in [5.41, 5.74) is 8.79. The Morgan fingerprint density at radius 2 is 1.83 bits per heavy atom. The quantitative estimate of drug-likeness (QED) is 0.807. The molecule has 3 nitrogen and oxygen atoms in total. The largest absolute Gasteiger partial charge is 0.497 e. The van der Waals surface area contributed by atoms with Gasteiger partial charge in [-0.1, -0.05) is 30.3 Å². The molecule has 0 aliphatic heterocycles. The monoisotopic (exact) mass is 242 g/mol. The van der Waals surface area contributed by atoms with Crippen molar-refractivity contribution in [2.75, 3.05) is 18.2 Å². The topological polar surface area (TPSA) is 47.3 Å². The molecule has 18 heavy (non-hydrogen) atoms. The van der Waals surface area contributed by atoms with Crippen LogP contribution in [0.25, 0.3) is 0 Å². The van der Waals surface area contributed by atoms with Gasteiger partial charge >= 0.3 is 0 Å². The Balaban J connectivity index is 2.18. The second kappa shape index (κ2) is 5.45.